The van der Waals surface area contributed by atoms with Gasteiger partial charge in [0.15, 0.2) is 0 Å². The van der Waals surface area contributed by atoms with Crippen molar-refractivity contribution in [1.82, 2.24) is 25.2 Å². The maximum atomic E-state index is 12.4. The van der Waals surface area contributed by atoms with Crippen LogP contribution in [0.5, 0.6) is 0 Å². The third kappa shape index (κ3) is 4.14. The summed E-state index contributed by atoms with van der Waals surface area (Å²) < 4.78 is 0. The summed E-state index contributed by atoms with van der Waals surface area (Å²) in [6.07, 6.45) is 3.86. The van der Waals surface area contributed by atoms with Crippen LogP contribution in [0.15, 0.2) is 30.5 Å². The lowest BCUT2D eigenvalue weighted by Gasteiger charge is -2.28. The molecular weight excluding hydrogens is 302 g/mol. The Bertz CT molecular complexity index is 696. The summed E-state index contributed by atoms with van der Waals surface area (Å²) in [7, 11) is 2.14. The van der Waals surface area contributed by atoms with E-state index in [1.54, 1.807) is 6.20 Å². The van der Waals surface area contributed by atoms with E-state index in [-0.39, 0.29) is 5.91 Å². The molecule has 1 aliphatic rings. The van der Waals surface area contributed by atoms with Gasteiger partial charge in [0.05, 0.1) is 12.2 Å². The Kier molecular flexibility index (Phi) is 5.15. The van der Waals surface area contributed by atoms with Gasteiger partial charge in [0, 0.05) is 17.8 Å². The van der Waals surface area contributed by atoms with E-state index in [4.69, 9.17) is 0 Å². The lowest BCUT2D eigenvalue weighted by Crippen LogP contribution is -2.30. The number of likely N-dealkylation sites (tertiary alicyclic amines) is 1. The van der Waals surface area contributed by atoms with Crippen LogP contribution in [0.25, 0.3) is 0 Å². The molecule has 6 nitrogen and oxygen atoms in total. The van der Waals surface area contributed by atoms with Crippen LogP contribution < -0.4 is 5.32 Å². The first-order valence-electron chi connectivity index (χ1n) is 8.34. The molecule has 0 radical (unpaired) electrons. The molecule has 2 aromatic rings. The average Bonchev–Trinajstić information content (AvgIpc) is 2.60. The monoisotopic (exact) mass is 325 g/mol. The van der Waals surface area contributed by atoms with Crippen LogP contribution in [0.4, 0.5) is 0 Å². The van der Waals surface area contributed by atoms with Gasteiger partial charge in [-0.25, -0.2) is 9.97 Å². The van der Waals surface area contributed by atoms with Crippen molar-refractivity contribution in [3.63, 3.8) is 0 Å². The lowest BCUT2D eigenvalue weighted by molar-refractivity contribution is 0.0944. The highest BCUT2D eigenvalue weighted by molar-refractivity contribution is 5.92. The topological polar surface area (TPSA) is 71.0 Å². The van der Waals surface area contributed by atoms with Crippen LogP contribution in [0.3, 0.4) is 0 Å². The van der Waals surface area contributed by atoms with E-state index in [9.17, 15) is 4.79 Å². The van der Waals surface area contributed by atoms with Gasteiger partial charge in [0.1, 0.15) is 11.5 Å². The zero-order valence-electron chi connectivity index (χ0n) is 14.2. The highest BCUT2D eigenvalue weighted by atomic mass is 16.1. The molecule has 0 aromatic carbocycles. The number of hydrogen-bond acceptors (Lipinski definition) is 5. The standard InChI is InChI=1S/C18H23N5O/c1-13-21-16(14-6-9-23(2)10-7-14)11-17(22-13)18(24)20-12-15-5-3-4-8-19-15/h3-5,8,11,14H,6-7,9-10,12H2,1-2H3,(H,20,24). The minimum absolute atomic E-state index is 0.180. The molecule has 0 unspecified atom stereocenters. The number of piperidine rings is 1. The van der Waals surface area contributed by atoms with E-state index >= 15 is 0 Å². The van der Waals surface area contributed by atoms with Crippen molar-refractivity contribution in [1.29, 1.82) is 0 Å². The molecule has 0 atom stereocenters. The summed E-state index contributed by atoms with van der Waals surface area (Å²) in [5.74, 6) is 0.875. The predicted octanol–water partition coefficient (Wildman–Crippen LogP) is 1.92. The van der Waals surface area contributed by atoms with Crippen molar-refractivity contribution in [2.75, 3.05) is 20.1 Å². The molecule has 6 heteroatoms. The van der Waals surface area contributed by atoms with Gasteiger partial charge in [0.25, 0.3) is 5.91 Å². The summed E-state index contributed by atoms with van der Waals surface area (Å²) in [5, 5.41) is 2.88. The van der Waals surface area contributed by atoms with Crippen molar-refractivity contribution in [2.24, 2.45) is 0 Å². The van der Waals surface area contributed by atoms with Gasteiger partial charge in [-0.15, -0.1) is 0 Å². The molecule has 0 bridgehead atoms. The fourth-order valence-corrected chi connectivity index (χ4v) is 2.98. The second-order valence-electron chi connectivity index (χ2n) is 6.31. The first-order valence-corrected chi connectivity index (χ1v) is 8.34. The van der Waals surface area contributed by atoms with Crippen molar-refractivity contribution in [2.45, 2.75) is 32.2 Å². The SMILES string of the molecule is Cc1nc(C(=O)NCc2ccccn2)cc(C2CCN(C)CC2)n1. The second-order valence-corrected chi connectivity index (χ2v) is 6.31. The molecule has 1 N–H and O–H groups in total. The highest BCUT2D eigenvalue weighted by Gasteiger charge is 2.21. The Morgan fingerprint density at radius 2 is 2.08 bits per heavy atom. The van der Waals surface area contributed by atoms with E-state index in [2.05, 4.69) is 32.2 Å². The van der Waals surface area contributed by atoms with Crippen molar-refractivity contribution in [3.8, 4) is 0 Å². The van der Waals surface area contributed by atoms with Gasteiger partial charge in [0.2, 0.25) is 0 Å². The quantitative estimate of drug-likeness (QED) is 0.930. The number of nitrogens with one attached hydrogen (secondary N) is 1. The first-order chi connectivity index (χ1) is 11.6. The predicted molar refractivity (Wildman–Crippen MR) is 91.6 cm³/mol. The number of nitrogens with zero attached hydrogens (tertiary/aromatic N) is 4. The van der Waals surface area contributed by atoms with Crippen LogP contribution >= 0.6 is 0 Å². The van der Waals surface area contributed by atoms with E-state index in [0.717, 1.165) is 37.3 Å². The summed E-state index contributed by atoms with van der Waals surface area (Å²) in [4.78, 5) is 27.8. The first kappa shape index (κ1) is 16.5. The van der Waals surface area contributed by atoms with Crippen LogP contribution in [0, 0.1) is 6.92 Å². The Hall–Kier alpha value is -2.34. The summed E-state index contributed by atoms with van der Waals surface area (Å²) in [6.45, 7) is 4.37. The molecule has 3 heterocycles. The van der Waals surface area contributed by atoms with Crippen LogP contribution in [-0.4, -0.2) is 45.9 Å². The number of carbonyl (C=O) groups excluding carboxylic acids is 1. The molecule has 0 aliphatic carbocycles. The lowest BCUT2D eigenvalue weighted by atomic mass is 9.93. The number of hydrogen-bond donors (Lipinski definition) is 1. The smallest absolute Gasteiger partial charge is 0.270 e. The number of rotatable bonds is 4. The number of pyridine rings is 1. The fourth-order valence-electron chi connectivity index (χ4n) is 2.98. The van der Waals surface area contributed by atoms with Gasteiger partial charge in [-0.1, -0.05) is 6.07 Å². The highest BCUT2D eigenvalue weighted by Crippen LogP contribution is 2.26. The van der Waals surface area contributed by atoms with E-state index in [0.29, 0.717) is 24.0 Å². The van der Waals surface area contributed by atoms with Gasteiger partial charge in [-0.2, -0.15) is 0 Å². The van der Waals surface area contributed by atoms with E-state index < -0.39 is 0 Å². The minimum atomic E-state index is -0.180. The minimum Gasteiger partial charge on any atom is -0.345 e. The van der Waals surface area contributed by atoms with Crippen LogP contribution in [0.1, 0.15) is 46.5 Å². The van der Waals surface area contributed by atoms with Gasteiger partial charge >= 0.3 is 0 Å². The molecule has 3 rings (SSSR count). The van der Waals surface area contributed by atoms with E-state index in [1.165, 1.54) is 0 Å². The van der Waals surface area contributed by atoms with E-state index in [1.807, 2.05) is 31.2 Å². The summed E-state index contributed by atoms with van der Waals surface area (Å²) in [6, 6.07) is 7.49. The Balaban J connectivity index is 1.69. The molecule has 0 spiro atoms. The number of carbonyl (C=O) groups is 1. The second kappa shape index (κ2) is 7.49. The van der Waals surface area contributed by atoms with Crippen molar-refractivity contribution < 1.29 is 4.79 Å². The van der Waals surface area contributed by atoms with Gasteiger partial charge in [-0.05, 0) is 58.1 Å². The third-order valence-electron chi connectivity index (χ3n) is 4.38. The van der Waals surface area contributed by atoms with Crippen molar-refractivity contribution in [3.05, 3.63) is 53.4 Å². The van der Waals surface area contributed by atoms with Crippen LogP contribution in [0.2, 0.25) is 0 Å². The molecule has 24 heavy (non-hydrogen) atoms. The fraction of sp³-hybridized carbons (Fsp3) is 0.444. The van der Waals surface area contributed by atoms with Crippen molar-refractivity contribution >= 4 is 5.91 Å². The zero-order valence-corrected chi connectivity index (χ0v) is 14.2. The maximum Gasteiger partial charge on any atom is 0.270 e. The molecule has 2 aromatic heterocycles. The number of aromatic nitrogens is 3. The molecular formula is C18H23N5O. The molecule has 1 aliphatic heterocycles. The Morgan fingerprint density at radius 1 is 1.29 bits per heavy atom. The van der Waals surface area contributed by atoms with Crippen LogP contribution in [-0.2, 0) is 6.54 Å². The van der Waals surface area contributed by atoms with Gasteiger partial charge < -0.3 is 10.2 Å². The Morgan fingerprint density at radius 3 is 2.79 bits per heavy atom. The maximum absolute atomic E-state index is 12.4. The molecule has 1 saturated heterocycles. The van der Waals surface area contributed by atoms with Gasteiger partial charge in [-0.3, -0.25) is 9.78 Å². The Labute approximate surface area is 142 Å². The largest absolute Gasteiger partial charge is 0.345 e. The molecule has 126 valence electrons. The summed E-state index contributed by atoms with van der Waals surface area (Å²) >= 11 is 0. The zero-order chi connectivity index (χ0) is 16.9. The molecule has 0 saturated carbocycles. The number of amides is 1. The molecule has 1 amide bonds. The third-order valence-corrected chi connectivity index (χ3v) is 4.38. The number of aryl methyl sites for hydroxylation is 1. The summed E-state index contributed by atoms with van der Waals surface area (Å²) in [5.41, 5.74) is 2.25. The molecule has 1 fully saturated rings. The average molecular weight is 325 g/mol. The normalized spacial score (nSPS) is 16.1.